The molecule has 0 amide bonds. The largest absolute Gasteiger partial charge is 0.462 e. The van der Waals surface area contributed by atoms with Crippen molar-refractivity contribution in [1.82, 2.24) is 10.3 Å². The number of fused-ring (bicyclic) bond motifs is 10. The zero-order valence-electron chi connectivity index (χ0n) is 46.5. The maximum absolute atomic E-state index is 15.9. The third kappa shape index (κ3) is 9.46. The fraction of sp³-hybridized carbons (Fsp3) is 0.774. The number of aromatic amines is 1. The van der Waals surface area contributed by atoms with Crippen molar-refractivity contribution < 1.29 is 49.8 Å². The molecule has 6 fully saturated rings. The van der Waals surface area contributed by atoms with Crippen LogP contribution in [0.3, 0.4) is 0 Å². The summed E-state index contributed by atoms with van der Waals surface area (Å²) in [6, 6.07) is 0.782. The number of allylic oxidation sites excluding steroid dienone is 3. The molecule has 1 aromatic rings. The van der Waals surface area contributed by atoms with Gasteiger partial charge in [0.15, 0.2) is 17.5 Å². The van der Waals surface area contributed by atoms with E-state index in [0.29, 0.717) is 36.7 Å². The number of carbonyl (C=O) groups excluding carboxylic acids is 3. The summed E-state index contributed by atoms with van der Waals surface area (Å²) in [4.78, 5) is 51.1. The van der Waals surface area contributed by atoms with Crippen molar-refractivity contribution in [2.24, 2.45) is 98.3 Å². The minimum absolute atomic E-state index is 0.0132. The Morgan fingerprint density at radius 2 is 1.75 bits per heavy atom. The lowest BCUT2D eigenvalue weighted by atomic mass is 9.40. The van der Waals surface area contributed by atoms with E-state index in [-0.39, 0.29) is 110 Å². The van der Waals surface area contributed by atoms with Gasteiger partial charge in [0.25, 0.3) is 0 Å². The van der Waals surface area contributed by atoms with Gasteiger partial charge in [0.1, 0.15) is 12.1 Å². The number of H-pyrrole nitrogens is 1. The SMILES string of the molecule is CC[C@@H]1OC(=O)[C@H](c2cc[nH]c2)[C@H]1[C@@H]1C#CC[C@H]2C[C@@]3(O)C4=C(N[C@@H](CO)C(C)=O)C(=O)[C@@H]5C[C@@H](O)[C@@H](O)C[C@]5(C5CCCCC5)[C@H]4CC[C@]3(CCN=C(N)N)[C@H]2[C@@](C)(O)[C@H](O)C[C@@H](C)[C@@H]2CC=C3CC[C@H](C)C[C@H]3[C@@H]2C1. The van der Waals surface area contributed by atoms with Gasteiger partial charge < -0.3 is 57.1 Å². The van der Waals surface area contributed by atoms with Gasteiger partial charge in [-0.2, -0.15) is 0 Å². The number of guanidine groups is 1. The minimum Gasteiger partial charge on any atom is -0.462 e. The third-order valence-electron chi connectivity index (χ3n) is 22.7. The molecule has 1 aliphatic heterocycles. The molecular weight excluding hydrogens is 975 g/mol. The van der Waals surface area contributed by atoms with Crippen LogP contribution < -0.4 is 16.8 Å². The zero-order chi connectivity index (χ0) is 54.9. The molecule has 424 valence electrons. The molecule has 1 saturated heterocycles. The van der Waals surface area contributed by atoms with Crippen LogP contribution in [0, 0.1) is 93.7 Å². The second-order valence-electron chi connectivity index (χ2n) is 26.6. The van der Waals surface area contributed by atoms with Gasteiger partial charge in [0, 0.05) is 54.4 Å². The number of aliphatic hydroxyl groups excluding tert-OH is 4. The molecule has 0 spiro atoms. The predicted molar refractivity (Wildman–Crippen MR) is 292 cm³/mol. The molecule has 0 aromatic carbocycles. The van der Waals surface area contributed by atoms with E-state index in [4.69, 9.17) is 16.2 Å². The number of nitrogens with zero attached hydrogens (tertiary/aromatic N) is 1. The molecule has 12 N–H and O–H groups in total. The number of nitrogens with one attached hydrogen (secondary N) is 2. The predicted octanol–water partition coefficient (Wildman–Crippen LogP) is 6.10. The summed E-state index contributed by atoms with van der Waals surface area (Å²) < 4.78 is 6.30. The van der Waals surface area contributed by atoms with E-state index in [1.807, 2.05) is 18.5 Å². The minimum atomic E-state index is -1.90. The molecule has 8 aliphatic carbocycles. The highest BCUT2D eigenvalue weighted by Crippen LogP contribution is 2.74. The van der Waals surface area contributed by atoms with Crippen LogP contribution in [-0.2, 0) is 19.1 Å². The van der Waals surface area contributed by atoms with Crippen LogP contribution in [-0.4, -0.2) is 114 Å². The molecule has 1 aromatic heterocycles. The third-order valence-corrected chi connectivity index (χ3v) is 22.7. The summed E-state index contributed by atoms with van der Waals surface area (Å²) in [5.74, 6) is 3.91. The van der Waals surface area contributed by atoms with Gasteiger partial charge in [0.2, 0.25) is 0 Å². The van der Waals surface area contributed by atoms with Crippen LogP contribution in [0.5, 0.6) is 0 Å². The van der Waals surface area contributed by atoms with Crippen molar-refractivity contribution >= 4 is 23.5 Å². The van der Waals surface area contributed by atoms with Gasteiger partial charge in [-0.1, -0.05) is 57.6 Å². The zero-order valence-corrected chi connectivity index (χ0v) is 46.5. The molecule has 2 heterocycles. The molecule has 0 radical (unpaired) electrons. The summed E-state index contributed by atoms with van der Waals surface area (Å²) in [6.07, 6.45) is 14.0. The van der Waals surface area contributed by atoms with Crippen molar-refractivity contribution in [2.75, 3.05) is 13.2 Å². The summed E-state index contributed by atoms with van der Waals surface area (Å²) in [5.41, 5.74) is 9.13. The number of aromatic nitrogens is 1. The van der Waals surface area contributed by atoms with Crippen LogP contribution in [0.1, 0.15) is 168 Å². The second-order valence-corrected chi connectivity index (χ2v) is 26.6. The number of aliphatic hydroxyl groups is 6. The maximum atomic E-state index is 15.9. The lowest BCUT2D eigenvalue weighted by Crippen LogP contribution is -2.67. The standard InChI is InChI=1S/C62H91N5O10/c1-6-49-51(52(57(74)77-49)39-20-23-65-31-39)37-11-10-12-38-29-62(76)53-44(61(40-13-8-7-9-14-40)30-48(71)47(70)28-45(61)55(73)54(53)67-46(32-68)35(4)69)19-21-60(62,22-24-66-58(63)64)56(38)59(5,75)50(72)26-34(3)41-18-17-36-16-15-33(2)25-42(36)43(41)27-37/h17,20,23,31,33-34,37-38,40-52,56,65,67-68,70-72,75-76H,6-9,12-16,18-19,21-22,24-30,32H2,1-5H3,(H4,63,64,66)/t33-,34+,37+,38-,41-,42+,43+,44-,45-,46-,47+,48-,49-,50+,51-,52+,56+,59-,60-,61-,62+/m0/s1. The van der Waals surface area contributed by atoms with Crippen LogP contribution >= 0.6 is 0 Å². The van der Waals surface area contributed by atoms with Crippen LogP contribution in [0.2, 0.25) is 0 Å². The number of hydrogen-bond acceptors (Lipinski definition) is 12. The number of nitrogens with two attached hydrogens (primary N) is 2. The molecule has 0 unspecified atom stereocenters. The summed E-state index contributed by atoms with van der Waals surface area (Å²) in [6.45, 7) is 9.16. The number of hydrogen-bond donors (Lipinski definition) is 10. The van der Waals surface area contributed by atoms with Gasteiger partial charge in [0.05, 0.1) is 47.7 Å². The van der Waals surface area contributed by atoms with E-state index < -0.39 is 88.4 Å². The molecule has 10 rings (SSSR count). The molecule has 15 heteroatoms. The molecule has 9 aliphatic rings. The van der Waals surface area contributed by atoms with Crippen LogP contribution in [0.4, 0.5) is 0 Å². The Morgan fingerprint density at radius 1 is 0.987 bits per heavy atom. The van der Waals surface area contributed by atoms with E-state index in [9.17, 15) is 40.2 Å². The van der Waals surface area contributed by atoms with Gasteiger partial charge in [-0.25, -0.2) is 0 Å². The van der Waals surface area contributed by atoms with E-state index >= 15 is 4.79 Å². The number of ether oxygens (including phenoxy) is 1. The smallest absolute Gasteiger partial charge is 0.314 e. The summed E-state index contributed by atoms with van der Waals surface area (Å²) in [7, 11) is 0. The summed E-state index contributed by atoms with van der Waals surface area (Å²) >= 11 is 0. The number of Topliss-reactive ketones (excluding diaryl/α,β-unsaturated/α-hetero) is 2. The molecule has 15 nitrogen and oxygen atoms in total. The Morgan fingerprint density at radius 3 is 2.44 bits per heavy atom. The Hall–Kier alpha value is -4.04. The highest BCUT2D eigenvalue weighted by atomic mass is 16.6. The van der Waals surface area contributed by atoms with E-state index in [1.165, 1.54) is 12.5 Å². The average molecular weight is 1070 g/mol. The van der Waals surface area contributed by atoms with Crippen molar-refractivity contribution in [2.45, 2.75) is 204 Å². The van der Waals surface area contributed by atoms with Crippen molar-refractivity contribution in [3.63, 3.8) is 0 Å². The highest BCUT2D eigenvalue weighted by molar-refractivity contribution is 6.01. The van der Waals surface area contributed by atoms with E-state index in [2.05, 4.69) is 54.0 Å². The second kappa shape index (κ2) is 21.8. The van der Waals surface area contributed by atoms with E-state index in [0.717, 1.165) is 69.8 Å². The van der Waals surface area contributed by atoms with Gasteiger partial charge in [-0.15, -0.1) is 5.92 Å². The number of esters is 1. The molecule has 77 heavy (non-hydrogen) atoms. The van der Waals surface area contributed by atoms with Crippen LogP contribution in [0.25, 0.3) is 0 Å². The highest BCUT2D eigenvalue weighted by Gasteiger charge is 2.75. The fourth-order valence-electron chi connectivity index (χ4n) is 19.3. The van der Waals surface area contributed by atoms with Gasteiger partial charge in [-0.3, -0.25) is 19.4 Å². The molecule has 21 atom stereocenters. The Balaban J connectivity index is 1.18. The lowest BCUT2D eigenvalue weighted by Gasteiger charge is -2.65. The average Bonchev–Trinajstić information content (AvgIpc) is 4.26. The molecule has 5 saturated carbocycles. The van der Waals surface area contributed by atoms with Crippen molar-refractivity contribution in [3.05, 3.63) is 46.9 Å². The number of carbonyl (C=O) groups is 3. The van der Waals surface area contributed by atoms with Gasteiger partial charge >= 0.3 is 5.97 Å². The van der Waals surface area contributed by atoms with Crippen molar-refractivity contribution in [1.29, 1.82) is 0 Å². The van der Waals surface area contributed by atoms with Crippen molar-refractivity contribution in [3.8, 4) is 11.8 Å². The summed E-state index contributed by atoms with van der Waals surface area (Å²) in [5, 5.41) is 78.9. The quantitative estimate of drug-likeness (QED) is 0.0395. The maximum Gasteiger partial charge on any atom is 0.314 e. The normalized spacial score (nSPS) is 44.6. The first kappa shape index (κ1) is 56.2. The molecular formula is C62H91N5O10. The fourth-order valence-corrected chi connectivity index (χ4v) is 19.3. The first-order chi connectivity index (χ1) is 36.7. The molecule has 0 bridgehead atoms. The number of aliphatic imine (C=N–C) groups is 1. The first-order valence-corrected chi connectivity index (χ1v) is 29.9. The topological polar surface area (TPSA) is 274 Å². The number of ketones is 2. The number of cyclic esters (lactones) is 1. The number of rotatable bonds is 11. The van der Waals surface area contributed by atoms with Gasteiger partial charge in [-0.05, 0) is 180 Å². The van der Waals surface area contributed by atoms with Crippen LogP contribution in [0.15, 0.2) is 46.4 Å². The first-order valence-electron chi connectivity index (χ1n) is 29.9. The Bertz CT molecular complexity index is 2520. The Kier molecular flexibility index (Phi) is 15.9. The monoisotopic (exact) mass is 1070 g/mol. The Labute approximate surface area is 456 Å². The lowest BCUT2D eigenvalue weighted by molar-refractivity contribution is -0.198. The van der Waals surface area contributed by atoms with E-state index in [1.54, 1.807) is 6.92 Å².